The van der Waals surface area contributed by atoms with Crippen molar-refractivity contribution < 1.29 is 18.3 Å². The number of aromatic nitrogens is 1. The molecule has 88 valence electrons. The van der Waals surface area contributed by atoms with E-state index in [-0.39, 0.29) is 11.6 Å². The first-order chi connectivity index (χ1) is 7.49. The minimum Gasteiger partial charge on any atom is -0.462 e. The fourth-order valence-electron chi connectivity index (χ4n) is 1.09. The Hall–Kier alpha value is -0.940. The number of carbonyl (C=O) groups is 1. The highest BCUT2D eigenvalue weighted by atomic mass is 35.5. The maximum Gasteiger partial charge on any atom is 0.340 e. The van der Waals surface area contributed by atoms with Gasteiger partial charge in [-0.05, 0) is 6.92 Å². The van der Waals surface area contributed by atoms with Crippen LogP contribution in [0.5, 0.6) is 0 Å². The number of hydrogen-bond acceptors (Lipinski definition) is 3. The first-order valence-electron chi connectivity index (χ1n) is 4.28. The quantitative estimate of drug-likeness (QED) is 0.623. The summed E-state index contributed by atoms with van der Waals surface area (Å²) in [5.41, 5.74) is -1.13. The molecule has 7 heteroatoms. The fourth-order valence-corrected chi connectivity index (χ4v) is 1.54. The summed E-state index contributed by atoms with van der Waals surface area (Å²) in [4.78, 5) is 14.9. The zero-order chi connectivity index (χ0) is 12.3. The topological polar surface area (TPSA) is 39.2 Å². The number of hydrogen-bond donors (Lipinski definition) is 0. The summed E-state index contributed by atoms with van der Waals surface area (Å²) >= 11 is 11.1. The van der Waals surface area contributed by atoms with Gasteiger partial charge in [0.15, 0.2) is 0 Å². The number of alkyl halides is 2. The minimum absolute atomic E-state index is 0.0534. The van der Waals surface area contributed by atoms with E-state index in [4.69, 9.17) is 23.2 Å². The number of ether oxygens (including phenoxy) is 1. The van der Waals surface area contributed by atoms with Crippen LogP contribution in [0, 0.1) is 0 Å². The number of halogens is 4. The summed E-state index contributed by atoms with van der Waals surface area (Å²) < 4.78 is 30.0. The van der Waals surface area contributed by atoms with E-state index >= 15 is 0 Å². The molecule has 0 aromatic carbocycles. The largest absolute Gasteiger partial charge is 0.462 e. The highest BCUT2D eigenvalue weighted by molar-refractivity contribution is 6.35. The van der Waals surface area contributed by atoms with Crippen molar-refractivity contribution in [2.45, 2.75) is 13.3 Å². The summed E-state index contributed by atoms with van der Waals surface area (Å²) in [6.45, 7) is 1.61. The molecule has 0 unspecified atom stereocenters. The molecule has 0 aliphatic heterocycles. The predicted molar refractivity (Wildman–Crippen MR) is 55.2 cm³/mol. The number of carbonyl (C=O) groups excluding carboxylic acids is 1. The summed E-state index contributed by atoms with van der Waals surface area (Å²) in [5.74, 6) is -0.938. The normalized spacial score (nSPS) is 10.6. The zero-order valence-corrected chi connectivity index (χ0v) is 9.65. The lowest BCUT2D eigenvalue weighted by molar-refractivity contribution is 0.0515. The van der Waals surface area contributed by atoms with Crippen LogP contribution in [-0.2, 0) is 4.74 Å². The highest BCUT2D eigenvalue weighted by Gasteiger charge is 2.26. The predicted octanol–water partition coefficient (Wildman–Crippen LogP) is 3.50. The molecular weight excluding hydrogens is 263 g/mol. The van der Waals surface area contributed by atoms with E-state index in [0.717, 1.165) is 6.20 Å². The monoisotopic (exact) mass is 269 g/mol. The number of nitrogens with zero attached hydrogens (tertiary/aromatic N) is 1. The van der Waals surface area contributed by atoms with E-state index in [1.807, 2.05) is 0 Å². The third-order valence-corrected chi connectivity index (χ3v) is 2.31. The molecule has 0 radical (unpaired) electrons. The van der Waals surface area contributed by atoms with E-state index in [1.54, 1.807) is 6.92 Å². The number of pyridine rings is 1. The third-order valence-electron chi connectivity index (χ3n) is 1.72. The second kappa shape index (κ2) is 5.41. The molecule has 1 heterocycles. The van der Waals surface area contributed by atoms with Gasteiger partial charge in [-0.3, -0.25) is 0 Å². The van der Waals surface area contributed by atoms with Gasteiger partial charge in [0.25, 0.3) is 6.43 Å². The van der Waals surface area contributed by atoms with Gasteiger partial charge in [0.05, 0.1) is 22.8 Å². The summed E-state index contributed by atoms with van der Waals surface area (Å²) in [6.07, 6.45) is -1.92. The van der Waals surface area contributed by atoms with Crippen LogP contribution in [0.2, 0.25) is 10.2 Å². The van der Waals surface area contributed by atoms with Crippen molar-refractivity contribution >= 4 is 29.2 Å². The SMILES string of the molecule is CCOC(=O)c1c(Cl)cnc(Cl)c1C(F)F. The summed E-state index contributed by atoms with van der Waals surface area (Å²) in [6, 6.07) is 0. The molecule has 0 bridgehead atoms. The van der Waals surface area contributed by atoms with Crippen LogP contribution in [0.4, 0.5) is 8.78 Å². The Balaban J connectivity index is 3.34. The Labute approximate surface area is 100 Å². The Kier molecular flexibility index (Phi) is 4.44. The molecule has 0 spiro atoms. The third kappa shape index (κ3) is 2.59. The first kappa shape index (κ1) is 13.1. The molecule has 1 rings (SSSR count). The van der Waals surface area contributed by atoms with Crippen LogP contribution < -0.4 is 0 Å². The maximum absolute atomic E-state index is 12.7. The van der Waals surface area contributed by atoms with Crippen molar-refractivity contribution in [3.63, 3.8) is 0 Å². The van der Waals surface area contributed by atoms with Crippen molar-refractivity contribution in [3.05, 3.63) is 27.5 Å². The van der Waals surface area contributed by atoms with Gasteiger partial charge in [-0.2, -0.15) is 0 Å². The summed E-state index contributed by atoms with van der Waals surface area (Å²) in [5, 5.41) is -0.666. The Morgan fingerprint density at radius 3 is 2.69 bits per heavy atom. The van der Waals surface area contributed by atoms with Crippen molar-refractivity contribution in [2.75, 3.05) is 6.61 Å². The maximum atomic E-state index is 12.7. The van der Waals surface area contributed by atoms with Crippen LogP contribution in [0.25, 0.3) is 0 Å². The molecule has 0 aliphatic rings. The lowest BCUT2D eigenvalue weighted by Crippen LogP contribution is -2.10. The van der Waals surface area contributed by atoms with Gasteiger partial charge in [0.2, 0.25) is 0 Å². The Morgan fingerprint density at radius 1 is 1.56 bits per heavy atom. The van der Waals surface area contributed by atoms with Crippen molar-refractivity contribution in [1.82, 2.24) is 4.98 Å². The molecule has 1 aromatic heterocycles. The molecule has 0 amide bonds. The van der Waals surface area contributed by atoms with Crippen molar-refractivity contribution in [2.24, 2.45) is 0 Å². The van der Waals surface area contributed by atoms with Crippen molar-refractivity contribution in [1.29, 1.82) is 0 Å². The standard InChI is InChI=1S/C9H7Cl2F2NO2/c1-2-16-9(15)5-4(10)3-14-7(11)6(5)8(12)13/h3,8H,2H2,1H3. The molecule has 1 aromatic rings. The smallest absolute Gasteiger partial charge is 0.340 e. The second-order valence-electron chi connectivity index (χ2n) is 2.71. The number of esters is 1. The van der Waals surface area contributed by atoms with E-state index in [0.29, 0.717) is 0 Å². The number of rotatable bonds is 3. The van der Waals surface area contributed by atoms with Crippen molar-refractivity contribution in [3.8, 4) is 0 Å². The first-order valence-corrected chi connectivity index (χ1v) is 5.03. The van der Waals surface area contributed by atoms with Gasteiger partial charge >= 0.3 is 5.97 Å². The lowest BCUT2D eigenvalue weighted by Gasteiger charge is -2.10. The summed E-state index contributed by atoms with van der Waals surface area (Å²) in [7, 11) is 0. The van der Waals surface area contributed by atoms with Crippen LogP contribution >= 0.6 is 23.2 Å². The van der Waals surface area contributed by atoms with Gasteiger partial charge < -0.3 is 4.74 Å². The highest BCUT2D eigenvalue weighted by Crippen LogP contribution is 2.33. The minimum atomic E-state index is -2.95. The van der Waals surface area contributed by atoms with E-state index in [9.17, 15) is 13.6 Å². The molecule has 3 nitrogen and oxygen atoms in total. The molecule has 0 fully saturated rings. The molecule has 0 saturated heterocycles. The molecule has 0 atom stereocenters. The average Bonchev–Trinajstić information content (AvgIpc) is 2.20. The zero-order valence-electron chi connectivity index (χ0n) is 8.14. The Morgan fingerprint density at radius 2 is 2.19 bits per heavy atom. The molecule has 0 N–H and O–H groups in total. The van der Waals surface area contributed by atoms with E-state index in [2.05, 4.69) is 9.72 Å². The molecule has 0 saturated carbocycles. The Bertz CT molecular complexity index is 413. The van der Waals surface area contributed by atoms with Crippen LogP contribution in [-0.4, -0.2) is 17.6 Å². The van der Waals surface area contributed by atoms with E-state index < -0.39 is 28.7 Å². The molecular formula is C9H7Cl2F2NO2. The van der Waals surface area contributed by atoms with Crippen LogP contribution in [0.1, 0.15) is 29.3 Å². The lowest BCUT2D eigenvalue weighted by atomic mass is 10.1. The van der Waals surface area contributed by atoms with Gasteiger partial charge in [-0.1, -0.05) is 23.2 Å². The van der Waals surface area contributed by atoms with Crippen LogP contribution in [0.3, 0.4) is 0 Å². The van der Waals surface area contributed by atoms with Gasteiger partial charge in [-0.15, -0.1) is 0 Å². The van der Waals surface area contributed by atoms with Gasteiger partial charge in [0, 0.05) is 6.20 Å². The van der Waals surface area contributed by atoms with Crippen LogP contribution in [0.15, 0.2) is 6.20 Å². The average molecular weight is 270 g/mol. The van der Waals surface area contributed by atoms with Gasteiger partial charge in [-0.25, -0.2) is 18.6 Å². The van der Waals surface area contributed by atoms with Gasteiger partial charge in [0.1, 0.15) is 5.15 Å². The molecule has 16 heavy (non-hydrogen) atoms. The second-order valence-corrected chi connectivity index (χ2v) is 3.47. The molecule has 0 aliphatic carbocycles. The van der Waals surface area contributed by atoms with E-state index in [1.165, 1.54) is 0 Å². The fraction of sp³-hybridized carbons (Fsp3) is 0.333.